The Bertz CT molecular complexity index is 860. The van der Waals surface area contributed by atoms with E-state index in [0.717, 1.165) is 16.8 Å². The second kappa shape index (κ2) is 6.01. The molecule has 0 spiro atoms. The topological polar surface area (TPSA) is 53.5 Å². The van der Waals surface area contributed by atoms with Gasteiger partial charge in [-0.25, -0.2) is 13.4 Å². The van der Waals surface area contributed by atoms with E-state index in [1.54, 1.807) is 0 Å². The first-order valence-corrected chi connectivity index (χ1v) is 10.0. The third-order valence-electron chi connectivity index (χ3n) is 4.74. The molecule has 1 aliphatic rings. The Morgan fingerprint density at radius 2 is 1.88 bits per heavy atom. The van der Waals surface area contributed by atoms with Gasteiger partial charge in [0.2, 0.25) is 0 Å². The second-order valence-corrected chi connectivity index (χ2v) is 9.56. The Labute approximate surface area is 144 Å². The van der Waals surface area contributed by atoms with Crippen LogP contribution in [-0.4, -0.2) is 56.0 Å². The minimum absolute atomic E-state index is 0.209. The Hall–Kier alpha value is -1.66. The van der Waals surface area contributed by atoms with Gasteiger partial charge in [0.25, 0.3) is 0 Å². The van der Waals surface area contributed by atoms with Crippen LogP contribution in [0.5, 0.6) is 0 Å². The standard InChI is InChI=1S/C18H25N3O2S/c1-18(2)13-24(22,23)10-9-21(18)12-14-11-19-17(20(3)4)16-8-6-5-7-15(14)16/h5-8,11H,9-10,12-13H2,1-4H3. The molecule has 0 amide bonds. The average Bonchev–Trinajstić information content (AvgIpc) is 2.48. The lowest BCUT2D eigenvalue weighted by atomic mass is 10.0. The van der Waals surface area contributed by atoms with Crippen LogP contribution in [0.2, 0.25) is 0 Å². The first-order valence-electron chi connectivity index (χ1n) is 8.19. The molecule has 2 aromatic rings. The van der Waals surface area contributed by atoms with Crippen molar-refractivity contribution in [2.24, 2.45) is 0 Å². The lowest BCUT2D eigenvalue weighted by Crippen LogP contribution is -2.54. The molecule has 5 nitrogen and oxygen atoms in total. The summed E-state index contributed by atoms with van der Waals surface area (Å²) in [5.41, 5.74) is 0.780. The van der Waals surface area contributed by atoms with Gasteiger partial charge < -0.3 is 4.90 Å². The van der Waals surface area contributed by atoms with E-state index in [9.17, 15) is 8.42 Å². The van der Waals surface area contributed by atoms with Crippen molar-refractivity contribution < 1.29 is 8.42 Å². The van der Waals surface area contributed by atoms with Gasteiger partial charge in [-0.3, -0.25) is 4.90 Å². The minimum Gasteiger partial charge on any atom is -0.362 e. The first kappa shape index (κ1) is 17.2. The quantitative estimate of drug-likeness (QED) is 0.853. The van der Waals surface area contributed by atoms with Crippen LogP contribution in [0.15, 0.2) is 30.5 Å². The van der Waals surface area contributed by atoms with Gasteiger partial charge in [-0.1, -0.05) is 24.3 Å². The van der Waals surface area contributed by atoms with E-state index in [2.05, 4.69) is 22.0 Å². The molecule has 0 atom stereocenters. The monoisotopic (exact) mass is 347 g/mol. The van der Waals surface area contributed by atoms with E-state index in [1.165, 1.54) is 5.39 Å². The number of fused-ring (bicyclic) bond motifs is 1. The van der Waals surface area contributed by atoms with Crippen LogP contribution in [0.3, 0.4) is 0 Å². The Kier molecular flexibility index (Phi) is 4.30. The zero-order valence-corrected chi connectivity index (χ0v) is 15.6. The molecule has 130 valence electrons. The second-order valence-electron chi connectivity index (χ2n) is 7.37. The van der Waals surface area contributed by atoms with Crippen molar-refractivity contribution in [3.05, 3.63) is 36.0 Å². The number of aromatic nitrogens is 1. The van der Waals surface area contributed by atoms with Gasteiger partial charge in [0.05, 0.1) is 11.5 Å². The fourth-order valence-corrected chi connectivity index (χ4v) is 5.37. The van der Waals surface area contributed by atoms with Crippen molar-refractivity contribution in [1.82, 2.24) is 9.88 Å². The van der Waals surface area contributed by atoms with Crippen molar-refractivity contribution >= 4 is 26.4 Å². The van der Waals surface area contributed by atoms with Gasteiger partial charge in [0.15, 0.2) is 9.84 Å². The molecule has 1 saturated heterocycles. The summed E-state index contributed by atoms with van der Waals surface area (Å²) in [6, 6.07) is 8.27. The molecular weight excluding hydrogens is 322 g/mol. The van der Waals surface area contributed by atoms with Crippen LogP contribution in [0.1, 0.15) is 19.4 Å². The van der Waals surface area contributed by atoms with Gasteiger partial charge in [0.1, 0.15) is 5.82 Å². The van der Waals surface area contributed by atoms with Crippen molar-refractivity contribution in [1.29, 1.82) is 0 Å². The summed E-state index contributed by atoms with van der Waals surface area (Å²) in [5, 5.41) is 2.31. The van der Waals surface area contributed by atoms with Gasteiger partial charge >= 0.3 is 0 Å². The van der Waals surface area contributed by atoms with Gasteiger partial charge in [-0.15, -0.1) is 0 Å². The maximum Gasteiger partial charge on any atom is 0.153 e. The Morgan fingerprint density at radius 3 is 2.50 bits per heavy atom. The van der Waals surface area contributed by atoms with Crippen LogP contribution in [-0.2, 0) is 16.4 Å². The lowest BCUT2D eigenvalue weighted by Gasteiger charge is -2.42. The minimum atomic E-state index is -2.94. The number of anilines is 1. The molecule has 0 radical (unpaired) electrons. The molecule has 2 heterocycles. The molecule has 1 aromatic carbocycles. The van der Waals surface area contributed by atoms with E-state index in [4.69, 9.17) is 0 Å². The predicted molar refractivity (Wildman–Crippen MR) is 99.2 cm³/mol. The van der Waals surface area contributed by atoms with E-state index >= 15 is 0 Å². The summed E-state index contributed by atoms with van der Waals surface area (Å²) in [6.07, 6.45) is 1.93. The third kappa shape index (κ3) is 3.26. The zero-order valence-electron chi connectivity index (χ0n) is 14.8. The molecule has 0 N–H and O–H groups in total. The Morgan fingerprint density at radius 1 is 1.21 bits per heavy atom. The zero-order chi connectivity index (χ0) is 17.5. The summed E-state index contributed by atoms with van der Waals surface area (Å²) in [4.78, 5) is 8.90. The normalized spacial score (nSPS) is 20.2. The molecule has 0 aliphatic carbocycles. The SMILES string of the molecule is CN(C)c1ncc(CN2CCS(=O)(=O)CC2(C)C)c2ccccc12. The smallest absolute Gasteiger partial charge is 0.153 e. The number of benzene rings is 1. The molecule has 0 unspecified atom stereocenters. The summed E-state index contributed by atoms with van der Waals surface area (Å²) in [5.74, 6) is 1.40. The molecule has 1 aromatic heterocycles. The fourth-order valence-electron chi connectivity index (χ4n) is 3.47. The summed E-state index contributed by atoms with van der Waals surface area (Å²) < 4.78 is 23.9. The molecule has 6 heteroatoms. The highest BCUT2D eigenvalue weighted by molar-refractivity contribution is 7.91. The molecular formula is C18H25N3O2S. The van der Waals surface area contributed by atoms with Crippen LogP contribution < -0.4 is 4.90 Å². The third-order valence-corrected chi connectivity index (χ3v) is 6.69. The highest BCUT2D eigenvalue weighted by Crippen LogP contribution is 2.30. The maximum atomic E-state index is 12.0. The number of hydrogen-bond donors (Lipinski definition) is 0. The van der Waals surface area contributed by atoms with Crippen LogP contribution >= 0.6 is 0 Å². The number of pyridine rings is 1. The van der Waals surface area contributed by atoms with E-state index in [0.29, 0.717) is 13.1 Å². The molecule has 1 aliphatic heterocycles. The maximum absolute atomic E-state index is 12.0. The van der Waals surface area contributed by atoms with Gasteiger partial charge in [0, 0.05) is 44.3 Å². The molecule has 0 saturated carbocycles. The van der Waals surface area contributed by atoms with Crippen LogP contribution in [0.25, 0.3) is 10.8 Å². The first-order chi connectivity index (χ1) is 11.2. The van der Waals surface area contributed by atoms with Gasteiger partial charge in [-0.05, 0) is 24.8 Å². The lowest BCUT2D eigenvalue weighted by molar-refractivity contribution is 0.131. The number of sulfone groups is 1. The van der Waals surface area contributed by atoms with E-state index in [-0.39, 0.29) is 17.0 Å². The van der Waals surface area contributed by atoms with E-state index in [1.807, 2.05) is 51.2 Å². The largest absolute Gasteiger partial charge is 0.362 e. The summed E-state index contributed by atoms with van der Waals surface area (Å²) in [6.45, 7) is 5.30. The highest BCUT2D eigenvalue weighted by Gasteiger charge is 2.37. The molecule has 0 bridgehead atoms. The highest BCUT2D eigenvalue weighted by atomic mass is 32.2. The van der Waals surface area contributed by atoms with E-state index < -0.39 is 9.84 Å². The van der Waals surface area contributed by atoms with Crippen LogP contribution in [0.4, 0.5) is 5.82 Å². The molecule has 3 rings (SSSR count). The van der Waals surface area contributed by atoms with Crippen molar-refractivity contribution in [3.63, 3.8) is 0 Å². The number of hydrogen-bond acceptors (Lipinski definition) is 5. The van der Waals surface area contributed by atoms with Crippen molar-refractivity contribution in [2.45, 2.75) is 25.9 Å². The number of rotatable bonds is 3. The van der Waals surface area contributed by atoms with Crippen LogP contribution in [0, 0.1) is 0 Å². The Balaban J connectivity index is 1.98. The van der Waals surface area contributed by atoms with Crippen molar-refractivity contribution in [3.8, 4) is 0 Å². The summed E-state index contributed by atoms with van der Waals surface area (Å²) >= 11 is 0. The average molecular weight is 347 g/mol. The molecule has 24 heavy (non-hydrogen) atoms. The number of nitrogens with zero attached hydrogens (tertiary/aromatic N) is 3. The summed E-state index contributed by atoms with van der Waals surface area (Å²) in [7, 11) is 1.05. The predicted octanol–water partition coefficient (Wildman–Crippen LogP) is 2.31. The van der Waals surface area contributed by atoms with Crippen molar-refractivity contribution in [2.75, 3.05) is 37.0 Å². The fraction of sp³-hybridized carbons (Fsp3) is 0.500. The van der Waals surface area contributed by atoms with Gasteiger partial charge in [-0.2, -0.15) is 0 Å². The molecule has 1 fully saturated rings.